The van der Waals surface area contributed by atoms with Gasteiger partial charge in [0.05, 0.1) is 0 Å². The van der Waals surface area contributed by atoms with Gasteiger partial charge in [-0.1, -0.05) is 39.8 Å². The molecule has 0 radical (unpaired) electrons. The molecule has 0 aromatic carbocycles. The van der Waals surface area contributed by atoms with Gasteiger partial charge in [-0.2, -0.15) is 0 Å². The maximum Gasteiger partial charge on any atom is 0.0137 e. The fourth-order valence-electron chi connectivity index (χ4n) is 3.34. The van der Waals surface area contributed by atoms with Crippen LogP contribution in [0.3, 0.4) is 0 Å². The molecule has 0 amide bonds. The second-order valence-corrected chi connectivity index (χ2v) is 6.59. The largest absolute Gasteiger partial charge is 0.310 e. The topological polar surface area (TPSA) is 12.0 Å². The second-order valence-electron chi connectivity index (χ2n) is 6.59. The lowest BCUT2D eigenvalue weighted by molar-refractivity contribution is 0.0866. The third-order valence-electron chi connectivity index (χ3n) is 3.32. The molecule has 1 fully saturated rings. The summed E-state index contributed by atoms with van der Waals surface area (Å²) in [5, 5.41) is 3.65. The van der Waals surface area contributed by atoms with Gasteiger partial charge in [-0.25, -0.2) is 0 Å². The van der Waals surface area contributed by atoms with Crippen LogP contribution in [0.25, 0.3) is 0 Å². The number of allylic oxidation sites excluding steroid dienone is 1. The first-order valence-electron chi connectivity index (χ1n) is 6.19. The molecular formula is C14H27N. The Morgan fingerprint density at radius 2 is 1.67 bits per heavy atom. The summed E-state index contributed by atoms with van der Waals surface area (Å²) in [6.45, 7) is 12.7. The van der Waals surface area contributed by atoms with Crippen LogP contribution in [-0.4, -0.2) is 12.6 Å². The van der Waals surface area contributed by atoms with Crippen LogP contribution >= 0.6 is 0 Å². The summed E-state index contributed by atoms with van der Waals surface area (Å²) in [4.78, 5) is 0. The Labute approximate surface area is 95.3 Å². The quantitative estimate of drug-likeness (QED) is 0.698. The van der Waals surface area contributed by atoms with Crippen molar-refractivity contribution in [1.82, 2.24) is 5.32 Å². The molecule has 15 heavy (non-hydrogen) atoms. The number of nitrogens with one attached hydrogen (secondary N) is 1. The number of hydrogen-bond acceptors (Lipinski definition) is 1. The minimum absolute atomic E-state index is 0.495. The molecule has 0 unspecified atom stereocenters. The monoisotopic (exact) mass is 209 g/mol. The van der Waals surface area contributed by atoms with Crippen LogP contribution in [-0.2, 0) is 0 Å². The van der Waals surface area contributed by atoms with Gasteiger partial charge in [0.1, 0.15) is 0 Å². The smallest absolute Gasteiger partial charge is 0.0137 e. The highest BCUT2D eigenvalue weighted by molar-refractivity contribution is 4.93. The van der Waals surface area contributed by atoms with Crippen molar-refractivity contribution in [1.29, 1.82) is 0 Å². The minimum Gasteiger partial charge on any atom is -0.310 e. The van der Waals surface area contributed by atoms with E-state index in [9.17, 15) is 0 Å². The van der Waals surface area contributed by atoms with Gasteiger partial charge < -0.3 is 5.32 Å². The van der Waals surface area contributed by atoms with E-state index >= 15 is 0 Å². The first-order valence-corrected chi connectivity index (χ1v) is 6.19. The van der Waals surface area contributed by atoms with E-state index in [-0.39, 0.29) is 0 Å². The molecule has 0 saturated heterocycles. The van der Waals surface area contributed by atoms with E-state index in [1.54, 1.807) is 0 Å². The molecule has 88 valence electrons. The van der Waals surface area contributed by atoms with Crippen LogP contribution in [0.15, 0.2) is 12.2 Å². The predicted octanol–water partition coefficient (Wildman–Crippen LogP) is 3.76. The van der Waals surface area contributed by atoms with E-state index in [2.05, 4.69) is 52.1 Å². The van der Waals surface area contributed by atoms with Gasteiger partial charge in [0, 0.05) is 12.6 Å². The normalized spacial score (nSPS) is 25.9. The van der Waals surface area contributed by atoms with Gasteiger partial charge in [-0.3, -0.25) is 0 Å². The highest BCUT2D eigenvalue weighted by atomic mass is 14.9. The minimum atomic E-state index is 0.495. The molecule has 1 nitrogen and oxygen atoms in total. The fourth-order valence-corrected chi connectivity index (χ4v) is 3.34. The zero-order valence-corrected chi connectivity index (χ0v) is 11.1. The fraction of sp³-hybridized carbons (Fsp3) is 0.857. The molecule has 1 aliphatic rings. The van der Waals surface area contributed by atoms with Gasteiger partial charge in [0.25, 0.3) is 0 Å². The highest BCUT2D eigenvalue weighted by Crippen LogP contribution is 2.45. The molecule has 1 N–H and O–H groups in total. The Balaban J connectivity index is 2.51. The molecule has 0 bridgehead atoms. The third kappa shape index (κ3) is 4.38. The molecule has 1 heteroatoms. The van der Waals surface area contributed by atoms with E-state index in [0.717, 1.165) is 6.54 Å². The molecular weight excluding hydrogens is 182 g/mol. The summed E-state index contributed by atoms with van der Waals surface area (Å²) in [6.07, 6.45) is 8.30. The SMILES string of the molecule is C/C=C/CNC1CC(C)(C)CC(C)(C)C1. The Hall–Kier alpha value is -0.300. The van der Waals surface area contributed by atoms with E-state index < -0.39 is 0 Å². The lowest BCUT2D eigenvalue weighted by Crippen LogP contribution is -2.43. The van der Waals surface area contributed by atoms with Crippen molar-refractivity contribution < 1.29 is 0 Å². The van der Waals surface area contributed by atoms with Crippen LogP contribution in [0.2, 0.25) is 0 Å². The Morgan fingerprint density at radius 1 is 1.13 bits per heavy atom. The van der Waals surface area contributed by atoms with Gasteiger partial charge in [0.15, 0.2) is 0 Å². The van der Waals surface area contributed by atoms with Gasteiger partial charge in [0.2, 0.25) is 0 Å². The predicted molar refractivity (Wildman–Crippen MR) is 68.0 cm³/mol. The van der Waals surface area contributed by atoms with Crippen molar-refractivity contribution in [3.8, 4) is 0 Å². The van der Waals surface area contributed by atoms with Crippen LogP contribution in [0.4, 0.5) is 0 Å². The molecule has 1 saturated carbocycles. The first-order chi connectivity index (χ1) is 6.85. The van der Waals surface area contributed by atoms with Gasteiger partial charge in [-0.05, 0) is 37.0 Å². The van der Waals surface area contributed by atoms with Gasteiger partial charge >= 0.3 is 0 Å². The Bertz CT molecular complexity index is 209. The van der Waals surface area contributed by atoms with Gasteiger partial charge in [-0.15, -0.1) is 0 Å². The van der Waals surface area contributed by atoms with Crippen molar-refractivity contribution in [2.45, 2.75) is 59.9 Å². The van der Waals surface area contributed by atoms with Crippen molar-refractivity contribution in [2.24, 2.45) is 10.8 Å². The molecule has 0 spiro atoms. The molecule has 0 heterocycles. The summed E-state index contributed by atoms with van der Waals surface area (Å²) in [5.74, 6) is 0. The van der Waals surface area contributed by atoms with Crippen molar-refractivity contribution in [3.63, 3.8) is 0 Å². The highest BCUT2D eigenvalue weighted by Gasteiger charge is 2.37. The van der Waals surface area contributed by atoms with Crippen LogP contribution in [0, 0.1) is 10.8 Å². The average molecular weight is 209 g/mol. The van der Waals surface area contributed by atoms with Crippen molar-refractivity contribution in [2.75, 3.05) is 6.54 Å². The molecule has 1 rings (SSSR count). The van der Waals surface area contributed by atoms with Crippen molar-refractivity contribution in [3.05, 3.63) is 12.2 Å². The van der Waals surface area contributed by atoms with Crippen LogP contribution in [0.1, 0.15) is 53.9 Å². The van der Waals surface area contributed by atoms with Crippen molar-refractivity contribution >= 4 is 0 Å². The van der Waals surface area contributed by atoms with E-state index in [0.29, 0.717) is 16.9 Å². The maximum atomic E-state index is 3.65. The zero-order valence-electron chi connectivity index (χ0n) is 11.1. The summed E-state index contributed by atoms with van der Waals surface area (Å²) >= 11 is 0. The molecule has 0 aliphatic heterocycles. The maximum absolute atomic E-state index is 3.65. The zero-order chi connectivity index (χ0) is 11.5. The molecule has 0 aromatic rings. The number of hydrogen-bond donors (Lipinski definition) is 1. The van der Waals surface area contributed by atoms with E-state index in [1.807, 2.05) is 0 Å². The molecule has 1 aliphatic carbocycles. The summed E-state index contributed by atoms with van der Waals surface area (Å²) < 4.78 is 0. The Kier molecular flexibility index (Phi) is 3.99. The molecule has 0 aromatic heterocycles. The standard InChI is InChI=1S/C14H27N/c1-6-7-8-15-12-9-13(2,3)11-14(4,5)10-12/h6-7,12,15H,8-11H2,1-5H3/b7-6+. The van der Waals surface area contributed by atoms with E-state index in [4.69, 9.17) is 0 Å². The third-order valence-corrected chi connectivity index (χ3v) is 3.32. The summed E-state index contributed by atoms with van der Waals surface area (Å²) in [5.41, 5.74) is 0.991. The van der Waals surface area contributed by atoms with Crippen LogP contribution < -0.4 is 5.32 Å². The molecule has 0 atom stereocenters. The lowest BCUT2D eigenvalue weighted by Gasteiger charge is -2.45. The average Bonchev–Trinajstić information content (AvgIpc) is 1.98. The Morgan fingerprint density at radius 3 is 2.13 bits per heavy atom. The summed E-state index contributed by atoms with van der Waals surface area (Å²) in [6, 6.07) is 0.694. The first kappa shape index (κ1) is 12.8. The second kappa shape index (κ2) is 4.69. The summed E-state index contributed by atoms with van der Waals surface area (Å²) in [7, 11) is 0. The van der Waals surface area contributed by atoms with Crippen LogP contribution in [0.5, 0.6) is 0 Å². The van der Waals surface area contributed by atoms with E-state index in [1.165, 1.54) is 19.3 Å². The lowest BCUT2D eigenvalue weighted by atomic mass is 9.63. The number of rotatable bonds is 3.